The lowest BCUT2D eigenvalue weighted by Gasteiger charge is -2.35. The Labute approximate surface area is 118 Å². The van der Waals surface area contributed by atoms with Crippen LogP contribution < -0.4 is 0 Å². The summed E-state index contributed by atoms with van der Waals surface area (Å²) in [6.45, 7) is 1.61. The summed E-state index contributed by atoms with van der Waals surface area (Å²) >= 11 is 6.91. The molecule has 2 rings (SSSR count). The van der Waals surface area contributed by atoms with Crippen LogP contribution in [0.4, 0.5) is 4.39 Å². The van der Waals surface area contributed by atoms with Crippen molar-refractivity contribution in [2.75, 3.05) is 18.5 Å². The first kappa shape index (κ1) is 13.5. The summed E-state index contributed by atoms with van der Waals surface area (Å²) in [6, 6.07) is 5.09. The Kier molecular flexibility index (Phi) is 4.61. The van der Waals surface area contributed by atoms with Crippen molar-refractivity contribution in [1.82, 2.24) is 0 Å². The molecule has 0 bridgehead atoms. The third kappa shape index (κ3) is 3.52. The smallest absolute Gasteiger partial charge is 0.124 e. The van der Waals surface area contributed by atoms with Gasteiger partial charge in [-0.2, -0.15) is 0 Å². The number of hydrogen-bond acceptors (Lipinski definition) is 1. The molecule has 1 aliphatic rings. The lowest BCUT2D eigenvalue weighted by Crippen LogP contribution is -2.35. The zero-order valence-electron chi connectivity index (χ0n) is 9.52. The van der Waals surface area contributed by atoms with E-state index in [2.05, 4.69) is 31.9 Å². The highest BCUT2D eigenvalue weighted by molar-refractivity contribution is 9.10. The van der Waals surface area contributed by atoms with E-state index in [9.17, 15) is 4.39 Å². The van der Waals surface area contributed by atoms with Crippen molar-refractivity contribution in [3.63, 3.8) is 0 Å². The second-order valence-electron chi connectivity index (χ2n) is 4.74. The zero-order chi connectivity index (χ0) is 12.3. The van der Waals surface area contributed by atoms with Gasteiger partial charge in [-0.3, -0.25) is 0 Å². The number of halogens is 3. The van der Waals surface area contributed by atoms with Gasteiger partial charge in [-0.25, -0.2) is 4.39 Å². The molecular weight excluding hydrogens is 351 g/mol. The maximum atomic E-state index is 13.3. The SMILES string of the molecule is Fc1cc(Br)cc(CC2(CBr)CCCOC2)c1. The minimum Gasteiger partial charge on any atom is -0.381 e. The fourth-order valence-electron chi connectivity index (χ4n) is 2.35. The fraction of sp³-hybridized carbons (Fsp3) is 0.538. The summed E-state index contributed by atoms with van der Waals surface area (Å²) in [5, 5.41) is 0.897. The molecule has 1 saturated heterocycles. The minimum absolute atomic E-state index is 0.117. The van der Waals surface area contributed by atoms with E-state index in [0.29, 0.717) is 0 Å². The van der Waals surface area contributed by atoms with E-state index < -0.39 is 0 Å². The Morgan fingerprint density at radius 1 is 1.35 bits per heavy atom. The number of rotatable bonds is 3. The summed E-state index contributed by atoms with van der Waals surface area (Å²) in [5.41, 5.74) is 1.15. The Morgan fingerprint density at radius 3 is 2.76 bits per heavy atom. The largest absolute Gasteiger partial charge is 0.381 e. The van der Waals surface area contributed by atoms with E-state index in [4.69, 9.17) is 4.74 Å². The van der Waals surface area contributed by atoms with Crippen LogP contribution in [-0.4, -0.2) is 18.5 Å². The van der Waals surface area contributed by atoms with Crippen LogP contribution in [0.5, 0.6) is 0 Å². The number of alkyl halides is 1. The monoisotopic (exact) mass is 364 g/mol. The van der Waals surface area contributed by atoms with Gasteiger partial charge in [-0.15, -0.1) is 0 Å². The number of benzene rings is 1. The molecule has 0 N–H and O–H groups in total. The van der Waals surface area contributed by atoms with Crippen LogP contribution in [-0.2, 0) is 11.2 Å². The van der Waals surface area contributed by atoms with Crippen LogP contribution in [0.2, 0.25) is 0 Å². The van der Waals surface area contributed by atoms with Crippen molar-refractivity contribution in [1.29, 1.82) is 0 Å². The van der Waals surface area contributed by atoms with E-state index in [1.165, 1.54) is 6.07 Å². The predicted octanol–water partition coefficient (Wildman–Crippen LogP) is 4.32. The molecule has 1 fully saturated rings. The summed E-state index contributed by atoms with van der Waals surface area (Å²) < 4.78 is 19.7. The first-order valence-electron chi connectivity index (χ1n) is 5.72. The van der Waals surface area contributed by atoms with Crippen LogP contribution in [0.15, 0.2) is 22.7 Å². The molecule has 0 amide bonds. The summed E-state index contributed by atoms with van der Waals surface area (Å²) in [5.74, 6) is -0.184. The van der Waals surface area contributed by atoms with Crippen molar-refractivity contribution < 1.29 is 9.13 Å². The van der Waals surface area contributed by atoms with Gasteiger partial charge in [-0.05, 0) is 43.0 Å². The van der Waals surface area contributed by atoms with Gasteiger partial charge in [0.1, 0.15) is 5.82 Å². The molecule has 17 heavy (non-hydrogen) atoms. The van der Waals surface area contributed by atoms with Crippen molar-refractivity contribution in [2.45, 2.75) is 19.3 Å². The second kappa shape index (κ2) is 5.81. The topological polar surface area (TPSA) is 9.23 Å². The minimum atomic E-state index is -0.184. The van der Waals surface area contributed by atoms with Crippen molar-refractivity contribution >= 4 is 31.9 Å². The predicted molar refractivity (Wildman–Crippen MR) is 74.1 cm³/mol. The van der Waals surface area contributed by atoms with Gasteiger partial charge in [0.25, 0.3) is 0 Å². The van der Waals surface area contributed by atoms with Gasteiger partial charge in [0, 0.05) is 21.8 Å². The quantitative estimate of drug-likeness (QED) is 0.724. The maximum Gasteiger partial charge on any atom is 0.124 e. The number of ether oxygens (including phenoxy) is 1. The molecule has 1 atom stereocenters. The molecule has 94 valence electrons. The molecule has 0 spiro atoms. The zero-order valence-corrected chi connectivity index (χ0v) is 12.7. The third-order valence-corrected chi connectivity index (χ3v) is 4.84. The highest BCUT2D eigenvalue weighted by Gasteiger charge is 2.32. The average Bonchev–Trinajstić information content (AvgIpc) is 2.29. The highest BCUT2D eigenvalue weighted by Crippen LogP contribution is 2.35. The first-order valence-corrected chi connectivity index (χ1v) is 7.64. The fourth-order valence-corrected chi connectivity index (χ4v) is 3.50. The molecule has 1 unspecified atom stereocenters. The summed E-state index contributed by atoms with van der Waals surface area (Å²) in [7, 11) is 0. The number of hydrogen-bond donors (Lipinski definition) is 0. The van der Waals surface area contributed by atoms with E-state index in [1.54, 1.807) is 6.07 Å². The van der Waals surface area contributed by atoms with Crippen LogP contribution in [0.25, 0.3) is 0 Å². The van der Waals surface area contributed by atoms with Crippen LogP contribution in [0.3, 0.4) is 0 Å². The van der Waals surface area contributed by atoms with Crippen LogP contribution in [0, 0.1) is 11.2 Å². The van der Waals surface area contributed by atoms with Crippen LogP contribution in [0.1, 0.15) is 18.4 Å². The molecular formula is C13H15Br2FO. The molecule has 4 heteroatoms. The van der Waals surface area contributed by atoms with Crippen molar-refractivity contribution in [2.24, 2.45) is 5.41 Å². The Morgan fingerprint density at radius 2 is 2.18 bits per heavy atom. The normalized spacial score (nSPS) is 24.9. The maximum absolute atomic E-state index is 13.3. The van der Waals surface area contributed by atoms with E-state index in [1.807, 2.05) is 6.07 Å². The lowest BCUT2D eigenvalue weighted by molar-refractivity contribution is 0.00611. The van der Waals surface area contributed by atoms with Gasteiger partial charge >= 0.3 is 0 Å². The van der Waals surface area contributed by atoms with Crippen molar-refractivity contribution in [3.8, 4) is 0 Å². The molecule has 1 aliphatic heterocycles. The molecule has 1 aromatic carbocycles. The molecule has 0 aliphatic carbocycles. The molecule has 0 aromatic heterocycles. The highest BCUT2D eigenvalue weighted by atomic mass is 79.9. The third-order valence-electron chi connectivity index (χ3n) is 3.19. The van der Waals surface area contributed by atoms with Crippen LogP contribution >= 0.6 is 31.9 Å². The van der Waals surface area contributed by atoms with E-state index in [0.717, 1.165) is 47.8 Å². The Bertz CT molecular complexity index is 369. The van der Waals surface area contributed by atoms with Crippen molar-refractivity contribution in [3.05, 3.63) is 34.1 Å². The molecule has 1 nitrogen and oxygen atoms in total. The van der Waals surface area contributed by atoms with E-state index in [-0.39, 0.29) is 11.2 Å². The standard InChI is InChI=1S/C13H15Br2FO/c14-8-13(2-1-3-17-9-13)7-10-4-11(15)6-12(16)5-10/h4-6H,1-3,7-9H2. The Balaban J connectivity index is 2.17. The molecule has 1 heterocycles. The Hall–Kier alpha value is 0.0700. The van der Waals surface area contributed by atoms with Gasteiger partial charge in [0.2, 0.25) is 0 Å². The van der Waals surface area contributed by atoms with Gasteiger partial charge in [0.15, 0.2) is 0 Å². The van der Waals surface area contributed by atoms with E-state index >= 15 is 0 Å². The van der Waals surface area contributed by atoms with Gasteiger partial charge < -0.3 is 4.74 Å². The summed E-state index contributed by atoms with van der Waals surface area (Å²) in [6.07, 6.45) is 3.07. The average molecular weight is 366 g/mol. The van der Waals surface area contributed by atoms with Gasteiger partial charge in [-0.1, -0.05) is 31.9 Å². The second-order valence-corrected chi connectivity index (χ2v) is 6.22. The molecule has 0 saturated carbocycles. The molecule has 1 aromatic rings. The first-order chi connectivity index (χ1) is 8.13. The van der Waals surface area contributed by atoms with Gasteiger partial charge in [0.05, 0.1) is 6.61 Å². The lowest BCUT2D eigenvalue weighted by atomic mass is 9.79. The molecule has 0 radical (unpaired) electrons. The summed E-state index contributed by atoms with van der Waals surface area (Å²) in [4.78, 5) is 0.